The first-order valence-corrected chi connectivity index (χ1v) is 6.83. The van der Waals surface area contributed by atoms with E-state index in [1.807, 2.05) is 0 Å². The second-order valence-electron chi connectivity index (χ2n) is 4.39. The third kappa shape index (κ3) is 3.63. The summed E-state index contributed by atoms with van der Waals surface area (Å²) >= 11 is 3.24. The van der Waals surface area contributed by atoms with Gasteiger partial charge >= 0.3 is 12.0 Å². The lowest BCUT2D eigenvalue weighted by molar-refractivity contribution is 0.0698. The minimum atomic E-state index is -1.11. The van der Waals surface area contributed by atoms with Gasteiger partial charge in [-0.15, -0.1) is 0 Å². The van der Waals surface area contributed by atoms with E-state index in [4.69, 9.17) is 9.52 Å². The van der Waals surface area contributed by atoms with Crippen molar-refractivity contribution in [2.45, 2.75) is 6.54 Å². The van der Waals surface area contributed by atoms with E-state index in [0.29, 0.717) is 11.0 Å². The number of rotatable bonds is 4. The molecule has 0 radical (unpaired) electrons. The first-order valence-electron chi connectivity index (χ1n) is 6.04. The summed E-state index contributed by atoms with van der Waals surface area (Å²) in [6.07, 6.45) is 3.07. The molecule has 1 heterocycles. The van der Waals surface area contributed by atoms with Gasteiger partial charge in [0.1, 0.15) is 0 Å². The Kier molecular flexibility index (Phi) is 4.64. The van der Waals surface area contributed by atoms with Crippen LogP contribution in [0.25, 0.3) is 0 Å². The third-order valence-electron chi connectivity index (χ3n) is 2.82. The van der Waals surface area contributed by atoms with Crippen molar-refractivity contribution >= 4 is 33.6 Å². The SMILES string of the molecule is CN(Cc1ccoc1)C(=O)Nc1c(Br)cccc1C(=O)O. The van der Waals surface area contributed by atoms with Crippen LogP contribution in [0.5, 0.6) is 0 Å². The molecular weight excluding hydrogens is 340 g/mol. The van der Waals surface area contributed by atoms with Gasteiger partial charge in [0.25, 0.3) is 0 Å². The van der Waals surface area contributed by atoms with Gasteiger partial charge in [0, 0.05) is 17.1 Å². The largest absolute Gasteiger partial charge is 0.478 e. The van der Waals surface area contributed by atoms with Crippen molar-refractivity contribution in [1.29, 1.82) is 0 Å². The van der Waals surface area contributed by atoms with Gasteiger partial charge in [-0.1, -0.05) is 6.07 Å². The van der Waals surface area contributed by atoms with Crippen LogP contribution in [0.15, 0.2) is 45.7 Å². The molecule has 7 heteroatoms. The van der Waals surface area contributed by atoms with Crippen LogP contribution in [0, 0.1) is 0 Å². The van der Waals surface area contributed by atoms with Crippen molar-refractivity contribution in [3.8, 4) is 0 Å². The summed E-state index contributed by atoms with van der Waals surface area (Å²) in [6.45, 7) is 0.356. The highest BCUT2D eigenvalue weighted by molar-refractivity contribution is 9.10. The van der Waals surface area contributed by atoms with Crippen molar-refractivity contribution < 1.29 is 19.1 Å². The smallest absolute Gasteiger partial charge is 0.337 e. The maximum atomic E-state index is 12.1. The highest BCUT2D eigenvalue weighted by Crippen LogP contribution is 2.26. The summed E-state index contributed by atoms with van der Waals surface area (Å²) in [5.74, 6) is -1.11. The van der Waals surface area contributed by atoms with E-state index < -0.39 is 12.0 Å². The first kappa shape index (κ1) is 15.1. The van der Waals surface area contributed by atoms with Gasteiger partial charge < -0.3 is 19.7 Å². The topological polar surface area (TPSA) is 82.8 Å². The predicted molar refractivity (Wildman–Crippen MR) is 80.3 cm³/mol. The summed E-state index contributed by atoms with van der Waals surface area (Å²) < 4.78 is 5.45. The van der Waals surface area contributed by atoms with Crippen LogP contribution in [0.4, 0.5) is 10.5 Å². The molecule has 21 heavy (non-hydrogen) atoms. The van der Waals surface area contributed by atoms with Gasteiger partial charge in [0.2, 0.25) is 0 Å². The fourth-order valence-electron chi connectivity index (χ4n) is 1.76. The number of nitrogens with zero attached hydrogens (tertiary/aromatic N) is 1. The van der Waals surface area contributed by atoms with Gasteiger partial charge in [-0.05, 0) is 34.1 Å². The molecule has 0 unspecified atom stereocenters. The number of para-hydroxylation sites is 1. The van der Waals surface area contributed by atoms with Crippen molar-refractivity contribution in [3.63, 3.8) is 0 Å². The Morgan fingerprint density at radius 1 is 1.38 bits per heavy atom. The average Bonchev–Trinajstić information content (AvgIpc) is 2.93. The molecule has 2 rings (SSSR count). The molecule has 0 fully saturated rings. The molecule has 2 aromatic rings. The number of carbonyl (C=O) groups is 2. The van der Waals surface area contributed by atoms with E-state index in [0.717, 1.165) is 5.56 Å². The fourth-order valence-corrected chi connectivity index (χ4v) is 2.23. The highest BCUT2D eigenvalue weighted by atomic mass is 79.9. The lowest BCUT2D eigenvalue weighted by atomic mass is 10.2. The molecule has 1 aromatic heterocycles. The number of amides is 2. The Bertz CT molecular complexity index is 655. The van der Waals surface area contributed by atoms with Crippen molar-refractivity contribution in [1.82, 2.24) is 4.90 Å². The van der Waals surface area contributed by atoms with E-state index in [1.54, 1.807) is 31.5 Å². The second-order valence-corrected chi connectivity index (χ2v) is 5.24. The molecule has 6 nitrogen and oxygen atoms in total. The van der Waals surface area contributed by atoms with Crippen molar-refractivity contribution in [2.24, 2.45) is 0 Å². The Morgan fingerprint density at radius 3 is 2.76 bits per heavy atom. The van der Waals surface area contributed by atoms with Crippen LogP contribution in [0.3, 0.4) is 0 Å². The fraction of sp³-hybridized carbons (Fsp3) is 0.143. The van der Waals surface area contributed by atoms with Crippen LogP contribution in [0.2, 0.25) is 0 Å². The van der Waals surface area contributed by atoms with Gasteiger partial charge in [-0.2, -0.15) is 0 Å². The Balaban J connectivity index is 2.14. The number of halogens is 1. The standard InChI is InChI=1S/C14H13BrN2O4/c1-17(7-9-5-6-21-8-9)14(20)16-12-10(13(18)19)3-2-4-11(12)15/h2-6,8H,7H2,1H3,(H,16,20)(H,18,19). The Hall–Kier alpha value is -2.28. The van der Waals surface area contributed by atoms with Gasteiger partial charge in [-0.3, -0.25) is 0 Å². The molecule has 2 N–H and O–H groups in total. The molecule has 1 aromatic carbocycles. The number of hydrogen-bond acceptors (Lipinski definition) is 3. The zero-order valence-corrected chi connectivity index (χ0v) is 12.8. The number of benzene rings is 1. The van der Waals surface area contributed by atoms with Crippen LogP contribution in [-0.4, -0.2) is 29.1 Å². The van der Waals surface area contributed by atoms with Crippen LogP contribution >= 0.6 is 15.9 Å². The third-order valence-corrected chi connectivity index (χ3v) is 3.48. The van der Waals surface area contributed by atoms with E-state index >= 15 is 0 Å². The quantitative estimate of drug-likeness (QED) is 0.883. The molecule has 0 spiro atoms. The minimum Gasteiger partial charge on any atom is -0.478 e. The summed E-state index contributed by atoms with van der Waals surface area (Å²) in [5, 5.41) is 11.8. The highest BCUT2D eigenvalue weighted by Gasteiger charge is 2.17. The minimum absolute atomic E-state index is 0.0226. The van der Waals surface area contributed by atoms with Crippen LogP contribution in [-0.2, 0) is 6.54 Å². The lowest BCUT2D eigenvalue weighted by Crippen LogP contribution is -2.31. The van der Waals surface area contributed by atoms with Crippen LogP contribution in [0.1, 0.15) is 15.9 Å². The summed E-state index contributed by atoms with van der Waals surface area (Å²) in [4.78, 5) is 24.7. The molecule has 0 bridgehead atoms. The normalized spacial score (nSPS) is 10.2. The molecule has 0 aliphatic rings. The number of furan rings is 1. The van der Waals surface area contributed by atoms with Gasteiger partial charge in [0.15, 0.2) is 0 Å². The monoisotopic (exact) mass is 352 g/mol. The van der Waals surface area contributed by atoms with Crippen LogP contribution < -0.4 is 5.32 Å². The lowest BCUT2D eigenvalue weighted by Gasteiger charge is -2.18. The van der Waals surface area contributed by atoms with Crippen molar-refractivity contribution in [3.05, 3.63) is 52.4 Å². The van der Waals surface area contributed by atoms with E-state index in [1.165, 1.54) is 17.2 Å². The first-order chi connectivity index (χ1) is 9.99. The Morgan fingerprint density at radius 2 is 2.14 bits per heavy atom. The molecule has 0 saturated heterocycles. The van der Waals surface area contributed by atoms with E-state index in [-0.39, 0.29) is 11.3 Å². The molecular formula is C14H13BrN2O4. The number of carboxylic acids is 1. The molecule has 0 aliphatic heterocycles. The molecule has 0 saturated carbocycles. The Labute approximate surface area is 129 Å². The number of nitrogens with one attached hydrogen (secondary N) is 1. The zero-order chi connectivity index (χ0) is 15.4. The maximum absolute atomic E-state index is 12.1. The summed E-state index contributed by atoms with van der Waals surface area (Å²) in [5.41, 5.74) is 1.10. The van der Waals surface area contributed by atoms with E-state index in [9.17, 15) is 9.59 Å². The second kappa shape index (κ2) is 6.45. The number of aromatic carboxylic acids is 1. The molecule has 0 atom stereocenters. The molecule has 110 valence electrons. The van der Waals surface area contributed by atoms with Crippen molar-refractivity contribution in [2.75, 3.05) is 12.4 Å². The van der Waals surface area contributed by atoms with E-state index in [2.05, 4.69) is 21.2 Å². The molecule has 0 aliphatic carbocycles. The number of urea groups is 1. The number of anilines is 1. The maximum Gasteiger partial charge on any atom is 0.337 e. The van der Waals surface area contributed by atoms with Gasteiger partial charge in [0.05, 0.1) is 30.3 Å². The summed E-state index contributed by atoms with van der Waals surface area (Å²) in [7, 11) is 1.61. The number of carbonyl (C=O) groups excluding carboxylic acids is 1. The summed E-state index contributed by atoms with van der Waals surface area (Å²) in [6, 6.07) is 6.03. The zero-order valence-electron chi connectivity index (χ0n) is 11.2. The number of hydrogen-bond donors (Lipinski definition) is 2. The van der Waals surface area contributed by atoms with Gasteiger partial charge in [-0.25, -0.2) is 9.59 Å². The number of carboxylic acid groups (broad SMARTS) is 1. The molecule has 2 amide bonds. The predicted octanol–water partition coefficient (Wildman–Crippen LogP) is 3.40. The average molecular weight is 353 g/mol.